The molecule has 2 aromatic rings. The van der Waals surface area contributed by atoms with Gasteiger partial charge in [0.25, 0.3) is 0 Å². The maximum absolute atomic E-state index is 5.10. The van der Waals surface area contributed by atoms with Crippen LogP contribution in [0.25, 0.3) is 0 Å². The minimum Gasteiger partial charge on any atom is -0.335 e. The normalized spacial score (nSPS) is 11.4. The molecule has 0 N–H and O–H groups in total. The Hall–Kier alpha value is -1.57. The van der Waals surface area contributed by atoms with Crippen LogP contribution < -0.4 is 0 Å². The Balaban J connectivity index is 1.63. The van der Waals surface area contributed by atoms with E-state index in [2.05, 4.69) is 54.9 Å². The second-order valence-corrected chi connectivity index (χ2v) is 11.1. The van der Waals surface area contributed by atoms with Gasteiger partial charge in [-0.2, -0.15) is 0 Å². The Bertz CT molecular complexity index is 733. The van der Waals surface area contributed by atoms with E-state index in [4.69, 9.17) is 4.98 Å². The molecule has 0 saturated carbocycles. The molecule has 36 heavy (non-hydrogen) atoms. The molecule has 0 amide bonds. The number of rotatable bonds is 24. The summed E-state index contributed by atoms with van der Waals surface area (Å²) in [6.07, 6.45) is 32.1. The number of imidazole rings is 1. The van der Waals surface area contributed by atoms with Gasteiger partial charge in [0.05, 0.1) is 5.69 Å². The summed E-state index contributed by atoms with van der Waals surface area (Å²) in [6, 6.07) is 10.9. The lowest BCUT2D eigenvalue weighted by Gasteiger charge is -2.08. The summed E-state index contributed by atoms with van der Waals surface area (Å²) in [5, 5.41) is 0. The first-order valence-corrected chi connectivity index (χ1v) is 15.9. The van der Waals surface area contributed by atoms with Crippen LogP contribution in [0.2, 0.25) is 0 Å². The van der Waals surface area contributed by atoms with Crippen LogP contribution in [0.5, 0.6) is 0 Å². The van der Waals surface area contributed by atoms with Crippen molar-refractivity contribution >= 4 is 0 Å². The van der Waals surface area contributed by atoms with Crippen LogP contribution in [0.3, 0.4) is 0 Å². The zero-order valence-electron chi connectivity index (χ0n) is 24.1. The number of benzene rings is 1. The van der Waals surface area contributed by atoms with Gasteiger partial charge in [0.2, 0.25) is 0 Å². The molecule has 0 saturated heterocycles. The number of unbranched alkanes of at least 4 members (excludes halogenated alkanes) is 16. The predicted octanol–water partition coefficient (Wildman–Crippen LogP) is 10.7. The first kappa shape index (κ1) is 30.7. The summed E-state index contributed by atoms with van der Waals surface area (Å²) in [4.78, 5) is 5.10. The summed E-state index contributed by atoms with van der Waals surface area (Å²) >= 11 is 0. The second kappa shape index (κ2) is 21.5. The van der Waals surface area contributed by atoms with Gasteiger partial charge in [-0.3, -0.25) is 0 Å². The molecule has 0 bridgehead atoms. The molecule has 0 aliphatic heterocycles. The van der Waals surface area contributed by atoms with Crippen molar-refractivity contribution in [3.63, 3.8) is 0 Å². The van der Waals surface area contributed by atoms with Crippen LogP contribution in [-0.2, 0) is 25.8 Å². The third-order valence-corrected chi connectivity index (χ3v) is 7.66. The lowest BCUT2D eigenvalue weighted by molar-refractivity contribution is 0.518. The number of aryl methyl sites for hydroxylation is 4. The van der Waals surface area contributed by atoms with Crippen molar-refractivity contribution in [2.75, 3.05) is 0 Å². The topological polar surface area (TPSA) is 17.8 Å². The Kier molecular flexibility index (Phi) is 18.3. The van der Waals surface area contributed by atoms with E-state index in [1.165, 1.54) is 139 Å². The standard InChI is InChI=1S/C34H58N2/c1-3-5-7-9-10-11-12-13-14-15-16-18-23-30-36-31-33(28-24-27-32-25-20-19-21-26-32)35-34(36)29-22-17-8-6-4-2/h19-21,25-26,31H,3-18,22-24,27-30H2,1-2H3. The van der Waals surface area contributed by atoms with Gasteiger partial charge in [0.15, 0.2) is 0 Å². The highest BCUT2D eigenvalue weighted by molar-refractivity contribution is 5.15. The van der Waals surface area contributed by atoms with Crippen LogP contribution in [-0.4, -0.2) is 9.55 Å². The van der Waals surface area contributed by atoms with Crippen LogP contribution in [0.1, 0.15) is 153 Å². The van der Waals surface area contributed by atoms with Gasteiger partial charge in [-0.25, -0.2) is 4.98 Å². The highest BCUT2D eigenvalue weighted by Gasteiger charge is 2.08. The fraction of sp³-hybridized carbons (Fsp3) is 0.735. The minimum absolute atomic E-state index is 1.10. The predicted molar refractivity (Wildman–Crippen MR) is 159 cm³/mol. The van der Waals surface area contributed by atoms with Gasteiger partial charge >= 0.3 is 0 Å². The van der Waals surface area contributed by atoms with Crippen LogP contribution in [0.15, 0.2) is 36.5 Å². The molecule has 2 nitrogen and oxygen atoms in total. The average Bonchev–Trinajstić information content (AvgIpc) is 3.28. The number of nitrogens with zero attached hydrogens (tertiary/aromatic N) is 2. The van der Waals surface area contributed by atoms with Gasteiger partial charge in [-0.1, -0.05) is 147 Å². The molecule has 204 valence electrons. The van der Waals surface area contributed by atoms with E-state index in [9.17, 15) is 0 Å². The molecule has 1 aromatic heterocycles. The van der Waals surface area contributed by atoms with Gasteiger partial charge < -0.3 is 4.57 Å². The highest BCUT2D eigenvalue weighted by Crippen LogP contribution is 2.16. The maximum atomic E-state index is 5.10. The van der Waals surface area contributed by atoms with Crippen molar-refractivity contribution in [1.29, 1.82) is 0 Å². The second-order valence-electron chi connectivity index (χ2n) is 11.1. The molecule has 1 aromatic carbocycles. The summed E-state index contributed by atoms with van der Waals surface area (Å²) in [5.41, 5.74) is 2.75. The summed E-state index contributed by atoms with van der Waals surface area (Å²) in [6.45, 7) is 5.76. The Morgan fingerprint density at radius 1 is 0.528 bits per heavy atom. The first-order valence-electron chi connectivity index (χ1n) is 15.9. The molecular weight excluding hydrogens is 436 g/mol. The molecule has 0 spiro atoms. The van der Waals surface area contributed by atoms with Crippen molar-refractivity contribution in [1.82, 2.24) is 9.55 Å². The van der Waals surface area contributed by atoms with Crippen molar-refractivity contribution in [2.24, 2.45) is 0 Å². The largest absolute Gasteiger partial charge is 0.335 e. The molecule has 2 rings (SSSR count). The zero-order valence-corrected chi connectivity index (χ0v) is 24.1. The van der Waals surface area contributed by atoms with E-state index in [0.717, 1.165) is 25.8 Å². The Morgan fingerprint density at radius 2 is 1.06 bits per heavy atom. The Morgan fingerprint density at radius 3 is 1.64 bits per heavy atom. The fourth-order valence-electron chi connectivity index (χ4n) is 5.33. The van der Waals surface area contributed by atoms with Crippen LogP contribution in [0.4, 0.5) is 0 Å². The molecule has 1 heterocycles. The average molecular weight is 495 g/mol. The van der Waals surface area contributed by atoms with Crippen molar-refractivity contribution in [3.05, 3.63) is 53.6 Å². The lowest BCUT2D eigenvalue weighted by Crippen LogP contribution is -2.03. The smallest absolute Gasteiger partial charge is 0.108 e. The molecule has 0 aliphatic carbocycles. The van der Waals surface area contributed by atoms with Gasteiger partial charge in [0, 0.05) is 19.2 Å². The zero-order chi connectivity index (χ0) is 25.5. The molecule has 0 aliphatic rings. The number of hydrogen-bond donors (Lipinski definition) is 0. The molecule has 0 unspecified atom stereocenters. The number of aromatic nitrogens is 2. The third kappa shape index (κ3) is 14.9. The first-order chi connectivity index (χ1) is 17.8. The van der Waals surface area contributed by atoms with Gasteiger partial charge in [-0.05, 0) is 37.7 Å². The fourth-order valence-corrected chi connectivity index (χ4v) is 5.33. The third-order valence-electron chi connectivity index (χ3n) is 7.66. The quantitative estimate of drug-likeness (QED) is 0.133. The van der Waals surface area contributed by atoms with E-state index in [1.54, 1.807) is 0 Å². The van der Waals surface area contributed by atoms with Crippen molar-refractivity contribution < 1.29 is 0 Å². The highest BCUT2D eigenvalue weighted by atomic mass is 15.1. The van der Waals surface area contributed by atoms with E-state index < -0.39 is 0 Å². The van der Waals surface area contributed by atoms with E-state index in [0.29, 0.717) is 0 Å². The maximum Gasteiger partial charge on any atom is 0.108 e. The number of hydrogen-bond acceptors (Lipinski definition) is 1. The molecular formula is C34H58N2. The Labute approximate surface area is 224 Å². The summed E-state index contributed by atoms with van der Waals surface area (Å²) < 4.78 is 2.51. The molecule has 0 radical (unpaired) electrons. The van der Waals surface area contributed by atoms with E-state index in [1.807, 2.05) is 0 Å². The van der Waals surface area contributed by atoms with E-state index >= 15 is 0 Å². The molecule has 0 atom stereocenters. The molecule has 0 fully saturated rings. The molecule has 2 heteroatoms. The van der Waals surface area contributed by atoms with E-state index in [-0.39, 0.29) is 0 Å². The van der Waals surface area contributed by atoms with Gasteiger partial charge in [-0.15, -0.1) is 0 Å². The summed E-state index contributed by atoms with van der Waals surface area (Å²) in [5.74, 6) is 1.35. The minimum atomic E-state index is 1.10. The van der Waals surface area contributed by atoms with Crippen molar-refractivity contribution in [3.8, 4) is 0 Å². The van der Waals surface area contributed by atoms with Gasteiger partial charge in [0.1, 0.15) is 5.82 Å². The monoisotopic (exact) mass is 494 g/mol. The SMILES string of the molecule is CCCCCCCCCCCCCCCn1cc(CCCc2ccccc2)nc1CCCCCCC. The lowest BCUT2D eigenvalue weighted by atomic mass is 10.0. The summed E-state index contributed by atoms with van der Waals surface area (Å²) in [7, 11) is 0. The van der Waals surface area contributed by atoms with Crippen LogP contribution in [0, 0.1) is 0 Å². The van der Waals surface area contributed by atoms with Crippen molar-refractivity contribution in [2.45, 2.75) is 162 Å². The van der Waals surface area contributed by atoms with Crippen LogP contribution >= 0.6 is 0 Å².